The number of aliphatic hydroxyl groups excluding tert-OH is 1. The van der Waals surface area contributed by atoms with Crippen LogP contribution in [0.1, 0.15) is 17.2 Å². The summed E-state index contributed by atoms with van der Waals surface area (Å²) in [4.78, 5) is 0. The van der Waals surface area contributed by atoms with E-state index in [1.165, 1.54) is 0 Å². The van der Waals surface area contributed by atoms with Crippen LogP contribution in [0.15, 0.2) is 42.5 Å². The molecule has 0 spiro atoms. The van der Waals surface area contributed by atoms with Crippen LogP contribution in [0.25, 0.3) is 0 Å². The van der Waals surface area contributed by atoms with Gasteiger partial charge >= 0.3 is 0 Å². The molecule has 2 aromatic carbocycles. The molecular formula is C17H19NO4. The van der Waals surface area contributed by atoms with Gasteiger partial charge < -0.3 is 24.6 Å². The van der Waals surface area contributed by atoms with Crippen LogP contribution in [0.4, 0.5) is 0 Å². The van der Waals surface area contributed by atoms with Crippen molar-refractivity contribution in [3.05, 3.63) is 53.6 Å². The Bertz CT molecular complexity index is 630. The van der Waals surface area contributed by atoms with Crippen molar-refractivity contribution in [3.63, 3.8) is 0 Å². The van der Waals surface area contributed by atoms with Gasteiger partial charge in [-0.3, -0.25) is 0 Å². The fourth-order valence-corrected chi connectivity index (χ4v) is 2.43. The molecule has 1 heterocycles. The molecule has 1 aliphatic heterocycles. The van der Waals surface area contributed by atoms with E-state index in [4.69, 9.17) is 14.2 Å². The van der Waals surface area contributed by atoms with Crippen LogP contribution in [0.5, 0.6) is 17.2 Å². The SMILES string of the molecule is COc1cc(CNC[C@H](O)c2ccccc2)cc2c1OCO2. The number of nitrogens with one attached hydrogen (secondary N) is 1. The summed E-state index contributed by atoms with van der Waals surface area (Å²) in [6.07, 6.45) is -0.530. The van der Waals surface area contributed by atoms with E-state index in [2.05, 4.69) is 5.32 Å². The average molecular weight is 301 g/mol. The molecule has 1 atom stereocenters. The fraction of sp³-hybridized carbons (Fsp3) is 0.294. The average Bonchev–Trinajstić information content (AvgIpc) is 3.03. The van der Waals surface area contributed by atoms with E-state index in [-0.39, 0.29) is 6.79 Å². The number of hydrogen-bond acceptors (Lipinski definition) is 5. The normalized spacial score (nSPS) is 13.9. The zero-order chi connectivity index (χ0) is 15.4. The third kappa shape index (κ3) is 3.16. The number of ether oxygens (including phenoxy) is 3. The molecule has 0 aliphatic carbocycles. The molecular weight excluding hydrogens is 282 g/mol. The van der Waals surface area contributed by atoms with E-state index in [0.717, 1.165) is 11.1 Å². The maximum Gasteiger partial charge on any atom is 0.231 e. The topological polar surface area (TPSA) is 60.0 Å². The van der Waals surface area contributed by atoms with Gasteiger partial charge in [0.15, 0.2) is 11.5 Å². The lowest BCUT2D eigenvalue weighted by atomic mass is 10.1. The summed E-state index contributed by atoms with van der Waals surface area (Å²) in [5.74, 6) is 2.01. The van der Waals surface area contributed by atoms with Gasteiger partial charge in [-0.15, -0.1) is 0 Å². The highest BCUT2D eigenvalue weighted by Gasteiger charge is 2.20. The summed E-state index contributed by atoms with van der Waals surface area (Å²) < 4.78 is 16.1. The summed E-state index contributed by atoms with van der Waals surface area (Å²) >= 11 is 0. The number of hydrogen-bond donors (Lipinski definition) is 2. The Hall–Kier alpha value is -2.24. The van der Waals surface area contributed by atoms with Crippen molar-refractivity contribution < 1.29 is 19.3 Å². The molecule has 0 bridgehead atoms. The largest absolute Gasteiger partial charge is 0.493 e. The van der Waals surface area contributed by atoms with Crippen molar-refractivity contribution in [2.24, 2.45) is 0 Å². The van der Waals surface area contributed by atoms with Crippen molar-refractivity contribution >= 4 is 0 Å². The van der Waals surface area contributed by atoms with Gasteiger partial charge in [-0.1, -0.05) is 30.3 Å². The minimum atomic E-state index is -0.530. The van der Waals surface area contributed by atoms with Crippen LogP contribution >= 0.6 is 0 Å². The molecule has 0 unspecified atom stereocenters. The van der Waals surface area contributed by atoms with E-state index in [1.807, 2.05) is 42.5 Å². The Morgan fingerprint density at radius 2 is 2.05 bits per heavy atom. The molecule has 0 amide bonds. The van der Waals surface area contributed by atoms with Crippen molar-refractivity contribution in [2.75, 3.05) is 20.4 Å². The molecule has 22 heavy (non-hydrogen) atoms. The van der Waals surface area contributed by atoms with E-state index in [1.54, 1.807) is 7.11 Å². The van der Waals surface area contributed by atoms with Crippen LogP contribution in [-0.4, -0.2) is 25.6 Å². The van der Waals surface area contributed by atoms with E-state index in [9.17, 15) is 5.11 Å². The highest BCUT2D eigenvalue weighted by atomic mass is 16.7. The van der Waals surface area contributed by atoms with Gasteiger partial charge in [0, 0.05) is 13.1 Å². The van der Waals surface area contributed by atoms with Crippen LogP contribution < -0.4 is 19.5 Å². The Morgan fingerprint density at radius 3 is 2.82 bits per heavy atom. The standard InChI is InChI=1S/C17H19NO4/c1-20-15-7-12(8-16-17(15)22-11-21-16)9-18-10-14(19)13-5-3-2-4-6-13/h2-8,14,18-19H,9-11H2,1H3/t14-/m0/s1. The zero-order valence-electron chi connectivity index (χ0n) is 12.4. The third-order valence-electron chi connectivity index (χ3n) is 3.57. The van der Waals surface area contributed by atoms with Gasteiger partial charge in [0.1, 0.15) is 0 Å². The highest BCUT2D eigenvalue weighted by Crippen LogP contribution is 2.41. The van der Waals surface area contributed by atoms with Crippen molar-refractivity contribution in [1.29, 1.82) is 0 Å². The van der Waals surface area contributed by atoms with Crippen LogP contribution in [0.2, 0.25) is 0 Å². The first-order valence-corrected chi connectivity index (χ1v) is 7.18. The van der Waals surface area contributed by atoms with Gasteiger partial charge in [0.05, 0.1) is 13.2 Å². The summed E-state index contributed by atoms with van der Waals surface area (Å²) in [7, 11) is 1.60. The summed E-state index contributed by atoms with van der Waals surface area (Å²) in [6, 6.07) is 13.4. The third-order valence-corrected chi connectivity index (χ3v) is 3.57. The Kier molecular flexibility index (Phi) is 4.46. The number of fused-ring (bicyclic) bond motifs is 1. The molecule has 116 valence electrons. The van der Waals surface area contributed by atoms with Crippen LogP contribution in [-0.2, 0) is 6.54 Å². The second-order valence-electron chi connectivity index (χ2n) is 5.09. The Balaban J connectivity index is 1.60. The number of methoxy groups -OCH3 is 1. The summed E-state index contributed by atoms with van der Waals surface area (Å²) in [6.45, 7) is 1.30. The maximum atomic E-state index is 10.1. The molecule has 0 saturated heterocycles. The maximum absolute atomic E-state index is 10.1. The fourth-order valence-electron chi connectivity index (χ4n) is 2.43. The van der Waals surface area contributed by atoms with Gasteiger partial charge in [0.2, 0.25) is 12.5 Å². The van der Waals surface area contributed by atoms with E-state index < -0.39 is 6.10 Å². The van der Waals surface area contributed by atoms with Gasteiger partial charge in [0.25, 0.3) is 0 Å². The van der Waals surface area contributed by atoms with Crippen LogP contribution in [0, 0.1) is 0 Å². The summed E-state index contributed by atoms with van der Waals surface area (Å²) in [5.41, 5.74) is 1.92. The Labute approximate surface area is 129 Å². The predicted molar refractivity (Wildman–Crippen MR) is 82.2 cm³/mol. The lowest BCUT2D eigenvalue weighted by Crippen LogP contribution is -2.21. The highest BCUT2D eigenvalue weighted by molar-refractivity contribution is 5.55. The van der Waals surface area contributed by atoms with E-state index in [0.29, 0.717) is 30.3 Å². The van der Waals surface area contributed by atoms with Gasteiger partial charge in [-0.25, -0.2) is 0 Å². The first kappa shape index (κ1) is 14.7. The molecule has 0 aromatic heterocycles. The lowest BCUT2D eigenvalue weighted by molar-refractivity contribution is 0.171. The second kappa shape index (κ2) is 6.68. The predicted octanol–water partition coefficient (Wildman–Crippen LogP) is 2.25. The molecule has 1 aliphatic rings. The molecule has 5 nitrogen and oxygen atoms in total. The minimum absolute atomic E-state index is 0.218. The molecule has 0 radical (unpaired) electrons. The Morgan fingerprint density at radius 1 is 1.23 bits per heavy atom. The second-order valence-corrected chi connectivity index (χ2v) is 5.09. The molecule has 5 heteroatoms. The number of aliphatic hydroxyl groups is 1. The first-order chi connectivity index (χ1) is 10.8. The molecule has 2 N–H and O–H groups in total. The van der Waals surface area contributed by atoms with Crippen molar-refractivity contribution in [2.45, 2.75) is 12.6 Å². The first-order valence-electron chi connectivity index (χ1n) is 7.18. The summed E-state index contributed by atoms with van der Waals surface area (Å²) in [5, 5.41) is 13.4. The number of rotatable bonds is 6. The molecule has 0 saturated carbocycles. The molecule has 0 fully saturated rings. The minimum Gasteiger partial charge on any atom is -0.493 e. The smallest absolute Gasteiger partial charge is 0.231 e. The monoisotopic (exact) mass is 301 g/mol. The van der Waals surface area contributed by atoms with E-state index >= 15 is 0 Å². The van der Waals surface area contributed by atoms with Gasteiger partial charge in [-0.2, -0.15) is 0 Å². The quantitative estimate of drug-likeness (QED) is 0.857. The lowest BCUT2D eigenvalue weighted by Gasteiger charge is -2.13. The van der Waals surface area contributed by atoms with Crippen LogP contribution in [0.3, 0.4) is 0 Å². The van der Waals surface area contributed by atoms with Crippen molar-refractivity contribution in [1.82, 2.24) is 5.32 Å². The number of benzene rings is 2. The van der Waals surface area contributed by atoms with Crippen molar-refractivity contribution in [3.8, 4) is 17.2 Å². The van der Waals surface area contributed by atoms with Gasteiger partial charge in [-0.05, 0) is 23.3 Å². The molecule has 2 aromatic rings. The molecule has 3 rings (SSSR count). The zero-order valence-corrected chi connectivity index (χ0v) is 12.4.